The Balaban J connectivity index is 1.47. The zero-order chi connectivity index (χ0) is 16.5. The van der Waals surface area contributed by atoms with Crippen LogP contribution in [0.2, 0.25) is 0 Å². The number of anilines is 1. The van der Waals surface area contributed by atoms with Gasteiger partial charge in [-0.1, -0.05) is 0 Å². The van der Waals surface area contributed by atoms with Crippen molar-refractivity contribution in [2.45, 2.75) is 31.8 Å². The van der Waals surface area contributed by atoms with Crippen LogP contribution in [0.4, 0.5) is 5.82 Å². The molecule has 0 unspecified atom stereocenters. The Bertz CT molecular complexity index is 676. The molecule has 3 aliphatic heterocycles. The number of piperidine rings is 3. The van der Waals surface area contributed by atoms with E-state index >= 15 is 0 Å². The first-order valence-electron chi connectivity index (χ1n) is 8.71. The monoisotopic (exact) mass is 324 g/mol. The third-order valence-corrected chi connectivity index (χ3v) is 5.53. The van der Waals surface area contributed by atoms with E-state index in [1.165, 1.54) is 25.9 Å². The summed E-state index contributed by atoms with van der Waals surface area (Å²) in [7, 11) is 1.62. The maximum Gasteiger partial charge on any atom is 0.212 e. The third-order valence-electron chi connectivity index (χ3n) is 5.53. The maximum atomic E-state index is 5.10. The van der Waals surface area contributed by atoms with Crippen LogP contribution in [0.1, 0.15) is 19.8 Å². The number of nitrogens with one attached hydrogen (secondary N) is 1. The minimum Gasteiger partial charge on any atom is -0.481 e. The summed E-state index contributed by atoms with van der Waals surface area (Å²) in [6.45, 7) is 4.84. The number of methoxy groups -OCH3 is 1. The SMILES string of the molecule is COc1ccc(-c2ccc(N[C@@H]3C4CCN(CC4)[C@@H]3C)nc2)cn1. The maximum absolute atomic E-state index is 5.10. The number of rotatable bonds is 4. The number of fused-ring (bicyclic) bond motifs is 3. The molecule has 5 nitrogen and oxygen atoms in total. The fraction of sp³-hybridized carbons (Fsp3) is 0.474. The lowest BCUT2D eigenvalue weighted by Crippen LogP contribution is -2.59. The molecule has 2 bridgehead atoms. The number of hydrogen-bond donors (Lipinski definition) is 1. The van der Waals surface area contributed by atoms with Gasteiger partial charge in [0.15, 0.2) is 0 Å². The van der Waals surface area contributed by atoms with Gasteiger partial charge in [-0.05, 0) is 57.0 Å². The number of pyridine rings is 2. The van der Waals surface area contributed by atoms with Crippen molar-refractivity contribution in [3.8, 4) is 17.0 Å². The molecule has 5 rings (SSSR count). The molecule has 0 aliphatic carbocycles. The van der Waals surface area contributed by atoms with E-state index in [0.29, 0.717) is 18.0 Å². The summed E-state index contributed by atoms with van der Waals surface area (Å²) in [6, 6.07) is 9.15. The van der Waals surface area contributed by atoms with E-state index in [4.69, 9.17) is 4.74 Å². The number of hydrogen-bond acceptors (Lipinski definition) is 5. The lowest BCUT2D eigenvalue weighted by Gasteiger charge is -2.50. The molecule has 0 saturated carbocycles. The fourth-order valence-corrected chi connectivity index (χ4v) is 4.04. The molecule has 3 saturated heterocycles. The molecular formula is C19H24N4O. The first-order valence-corrected chi connectivity index (χ1v) is 8.71. The van der Waals surface area contributed by atoms with Crippen molar-refractivity contribution in [1.29, 1.82) is 0 Å². The van der Waals surface area contributed by atoms with Crippen LogP contribution < -0.4 is 10.1 Å². The summed E-state index contributed by atoms with van der Waals surface area (Å²) in [4.78, 5) is 11.5. The van der Waals surface area contributed by atoms with Crippen molar-refractivity contribution in [2.24, 2.45) is 5.92 Å². The van der Waals surface area contributed by atoms with E-state index in [1.807, 2.05) is 24.5 Å². The largest absolute Gasteiger partial charge is 0.481 e. The molecule has 5 heterocycles. The number of aromatic nitrogens is 2. The van der Waals surface area contributed by atoms with Gasteiger partial charge in [0.1, 0.15) is 5.82 Å². The molecular weight excluding hydrogens is 300 g/mol. The van der Waals surface area contributed by atoms with Gasteiger partial charge in [0, 0.05) is 41.7 Å². The highest BCUT2D eigenvalue weighted by atomic mass is 16.5. The van der Waals surface area contributed by atoms with Crippen molar-refractivity contribution >= 4 is 5.82 Å². The average Bonchev–Trinajstić information content (AvgIpc) is 2.66. The van der Waals surface area contributed by atoms with Crippen LogP contribution in [0.3, 0.4) is 0 Å². The van der Waals surface area contributed by atoms with Gasteiger partial charge in [0.05, 0.1) is 7.11 Å². The third kappa shape index (κ3) is 2.84. The Kier molecular flexibility index (Phi) is 4.10. The van der Waals surface area contributed by atoms with Crippen LogP contribution in [0.25, 0.3) is 11.1 Å². The van der Waals surface area contributed by atoms with Crippen LogP contribution in [-0.4, -0.2) is 47.2 Å². The Morgan fingerprint density at radius 3 is 2.29 bits per heavy atom. The van der Waals surface area contributed by atoms with Crippen LogP contribution >= 0.6 is 0 Å². The van der Waals surface area contributed by atoms with Gasteiger partial charge in [-0.15, -0.1) is 0 Å². The summed E-state index contributed by atoms with van der Waals surface area (Å²) in [5.74, 6) is 2.37. The van der Waals surface area contributed by atoms with Gasteiger partial charge < -0.3 is 10.1 Å². The van der Waals surface area contributed by atoms with E-state index < -0.39 is 0 Å². The molecule has 2 aromatic rings. The molecule has 0 aromatic carbocycles. The van der Waals surface area contributed by atoms with Crippen LogP contribution in [0, 0.1) is 5.92 Å². The van der Waals surface area contributed by atoms with Crippen molar-refractivity contribution < 1.29 is 4.74 Å². The quantitative estimate of drug-likeness (QED) is 0.937. The molecule has 126 valence electrons. The predicted octanol–water partition coefficient (Wildman–Crippen LogP) is 3.05. The first-order chi connectivity index (χ1) is 11.7. The topological polar surface area (TPSA) is 50.3 Å². The highest BCUT2D eigenvalue weighted by Gasteiger charge is 2.39. The second-order valence-electron chi connectivity index (χ2n) is 6.81. The molecule has 24 heavy (non-hydrogen) atoms. The second-order valence-corrected chi connectivity index (χ2v) is 6.81. The van der Waals surface area contributed by atoms with Crippen LogP contribution in [-0.2, 0) is 0 Å². The van der Waals surface area contributed by atoms with Gasteiger partial charge in [-0.25, -0.2) is 9.97 Å². The van der Waals surface area contributed by atoms with E-state index in [1.54, 1.807) is 7.11 Å². The molecule has 0 spiro atoms. The second kappa shape index (κ2) is 6.40. The average molecular weight is 324 g/mol. The summed E-state index contributed by atoms with van der Waals surface area (Å²) < 4.78 is 5.10. The van der Waals surface area contributed by atoms with Gasteiger partial charge in [-0.2, -0.15) is 0 Å². The van der Waals surface area contributed by atoms with Crippen molar-refractivity contribution in [1.82, 2.24) is 14.9 Å². The predicted molar refractivity (Wildman–Crippen MR) is 95.2 cm³/mol. The smallest absolute Gasteiger partial charge is 0.212 e. The fourth-order valence-electron chi connectivity index (χ4n) is 4.04. The standard InChI is InChI=1S/C19H24N4O/c1-13-19(14-7-9-23(13)10-8-14)22-17-5-3-15(11-20-17)16-4-6-18(24-2)21-12-16/h3-6,11-14,19H,7-10H2,1-2H3,(H,20,22)/t13-,19+/m1/s1. The van der Waals surface area contributed by atoms with E-state index in [2.05, 4.69) is 39.2 Å². The normalized spacial score (nSPS) is 28.6. The lowest BCUT2D eigenvalue weighted by molar-refractivity contribution is 0.0457. The minimum absolute atomic E-state index is 0.508. The number of nitrogens with zero attached hydrogens (tertiary/aromatic N) is 3. The molecule has 3 aliphatic rings. The summed E-state index contributed by atoms with van der Waals surface area (Å²) in [6.07, 6.45) is 6.34. The van der Waals surface area contributed by atoms with Crippen molar-refractivity contribution in [2.75, 3.05) is 25.5 Å². The Morgan fingerprint density at radius 1 is 1.04 bits per heavy atom. The number of ether oxygens (including phenoxy) is 1. The molecule has 2 aromatic heterocycles. The molecule has 2 atom stereocenters. The van der Waals surface area contributed by atoms with Gasteiger partial charge >= 0.3 is 0 Å². The van der Waals surface area contributed by atoms with E-state index in [0.717, 1.165) is 22.9 Å². The van der Waals surface area contributed by atoms with Gasteiger partial charge in [0.2, 0.25) is 5.88 Å². The first kappa shape index (κ1) is 15.4. The van der Waals surface area contributed by atoms with E-state index in [-0.39, 0.29) is 0 Å². The molecule has 1 N–H and O–H groups in total. The Morgan fingerprint density at radius 2 is 1.75 bits per heavy atom. The van der Waals surface area contributed by atoms with Crippen LogP contribution in [0.5, 0.6) is 5.88 Å². The summed E-state index contributed by atoms with van der Waals surface area (Å²) in [5.41, 5.74) is 2.11. The van der Waals surface area contributed by atoms with E-state index in [9.17, 15) is 0 Å². The zero-order valence-corrected chi connectivity index (χ0v) is 14.3. The van der Waals surface area contributed by atoms with Gasteiger partial charge in [0.25, 0.3) is 0 Å². The molecule has 0 radical (unpaired) electrons. The zero-order valence-electron chi connectivity index (χ0n) is 14.3. The van der Waals surface area contributed by atoms with Crippen LogP contribution in [0.15, 0.2) is 36.7 Å². The summed E-state index contributed by atoms with van der Waals surface area (Å²) in [5, 5.41) is 3.67. The molecule has 5 heteroatoms. The van der Waals surface area contributed by atoms with Gasteiger partial charge in [-0.3, -0.25) is 4.90 Å². The molecule has 0 amide bonds. The Hall–Kier alpha value is -2.14. The lowest BCUT2D eigenvalue weighted by atomic mass is 9.79. The highest BCUT2D eigenvalue weighted by molar-refractivity contribution is 5.63. The molecule has 3 fully saturated rings. The minimum atomic E-state index is 0.508. The Labute approximate surface area is 143 Å². The summed E-state index contributed by atoms with van der Waals surface area (Å²) >= 11 is 0. The van der Waals surface area contributed by atoms with Crippen molar-refractivity contribution in [3.05, 3.63) is 36.7 Å². The highest BCUT2D eigenvalue weighted by Crippen LogP contribution is 2.34. The van der Waals surface area contributed by atoms with Crippen molar-refractivity contribution in [3.63, 3.8) is 0 Å².